The van der Waals surface area contributed by atoms with E-state index in [1.807, 2.05) is 11.8 Å². The van der Waals surface area contributed by atoms with Crippen molar-refractivity contribution in [3.05, 3.63) is 30.1 Å². The minimum absolute atomic E-state index is 0.0256. The molecule has 3 fully saturated rings. The van der Waals surface area contributed by atoms with Crippen LogP contribution in [0.1, 0.15) is 45.4 Å². The number of benzene rings is 1. The first-order chi connectivity index (χ1) is 14.5. The fourth-order valence-electron chi connectivity index (χ4n) is 4.81. The van der Waals surface area contributed by atoms with Crippen molar-refractivity contribution in [2.24, 2.45) is 0 Å². The number of hydrogen-bond acceptors (Lipinski definition) is 4. The molecule has 2 saturated heterocycles. The molecule has 1 saturated carbocycles. The minimum atomic E-state index is -0.494. The number of carbonyl (C=O) groups excluding carboxylic acids is 2. The molecule has 2 atom stereocenters. The van der Waals surface area contributed by atoms with Gasteiger partial charge in [0.1, 0.15) is 23.7 Å². The largest absolute Gasteiger partial charge is 0.488 e. The molecule has 2 heterocycles. The Balaban J connectivity index is 1.42. The number of hydrogen-bond donors (Lipinski definition) is 0. The average molecular weight is 418 g/mol. The summed E-state index contributed by atoms with van der Waals surface area (Å²) in [6, 6.07) is 6.20. The second-order valence-corrected chi connectivity index (χ2v) is 8.65. The van der Waals surface area contributed by atoms with Crippen LogP contribution in [0.3, 0.4) is 0 Å². The lowest BCUT2D eigenvalue weighted by atomic mass is 9.91. The van der Waals surface area contributed by atoms with Gasteiger partial charge < -0.3 is 14.5 Å². The summed E-state index contributed by atoms with van der Waals surface area (Å²) in [5, 5.41) is 0. The molecule has 1 aromatic rings. The van der Waals surface area contributed by atoms with Gasteiger partial charge in [-0.25, -0.2) is 4.39 Å². The summed E-state index contributed by atoms with van der Waals surface area (Å²) < 4.78 is 19.4. The van der Waals surface area contributed by atoms with Crippen molar-refractivity contribution in [3.8, 4) is 5.75 Å². The van der Waals surface area contributed by atoms with Crippen molar-refractivity contribution in [1.29, 1.82) is 0 Å². The molecule has 30 heavy (non-hydrogen) atoms. The number of halogens is 1. The molecule has 0 N–H and O–H groups in total. The zero-order valence-corrected chi connectivity index (χ0v) is 17.8. The van der Waals surface area contributed by atoms with Crippen molar-refractivity contribution >= 4 is 11.8 Å². The highest BCUT2D eigenvalue weighted by Gasteiger charge is 2.42. The van der Waals surface area contributed by atoms with Crippen LogP contribution in [0.4, 0.5) is 4.39 Å². The van der Waals surface area contributed by atoms with Crippen LogP contribution in [0, 0.1) is 5.82 Å². The van der Waals surface area contributed by atoms with Crippen molar-refractivity contribution in [1.82, 2.24) is 14.7 Å². The number of ether oxygens (including phenoxy) is 1. The molecule has 4 rings (SSSR count). The SMILES string of the molecule is CCC(=O)N1CC(Oc2cccc(F)c2)CC1C(=O)N1CCCN(C2CCC2)CC1. The van der Waals surface area contributed by atoms with Crippen LogP contribution in [0.2, 0.25) is 0 Å². The van der Waals surface area contributed by atoms with Crippen LogP contribution >= 0.6 is 0 Å². The number of likely N-dealkylation sites (tertiary alicyclic amines) is 1. The van der Waals surface area contributed by atoms with Gasteiger partial charge >= 0.3 is 0 Å². The lowest BCUT2D eigenvalue weighted by molar-refractivity contribution is -0.143. The van der Waals surface area contributed by atoms with Crippen molar-refractivity contribution < 1.29 is 18.7 Å². The molecule has 1 aromatic carbocycles. The van der Waals surface area contributed by atoms with Crippen molar-refractivity contribution in [3.63, 3.8) is 0 Å². The van der Waals surface area contributed by atoms with Crippen LogP contribution < -0.4 is 4.74 Å². The molecular formula is C23H32FN3O3. The van der Waals surface area contributed by atoms with Crippen LogP contribution in [-0.2, 0) is 9.59 Å². The summed E-state index contributed by atoms with van der Waals surface area (Å²) in [7, 11) is 0. The van der Waals surface area contributed by atoms with Gasteiger partial charge in [-0.05, 0) is 31.4 Å². The van der Waals surface area contributed by atoms with E-state index < -0.39 is 6.04 Å². The average Bonchev–Trinajstić information content (AvgIpc) is 2.96. The molecular weight excluding hydrogens is 385 g/mol. The fourth-order valence-corrected chi connectivity index (χ4v) is 4.81. The van der Waals surface area contributed by atoms with Crippen LogP contribution in [0.15, 0.2) is 24.3 Å². The first-order valence-electron chi connectivity index (χ1n) is 11.3. The minimum Gasteiger partial charge on any atom is -0.488 e. The summed E-state index contributed by atoms with van der Waals surface area (Å²) in [6.07, 6.45) is 5.32. The smallest absolute Gasteiger partial charge is 0.245 e. The van der Waals surface area contributed by atoms with Gasteiger partial charge in [0.2, 0.25) is 11.8 Å². The van der Waals surface area contributed by atoms with E-state index in [1.165, 1.54) is 31.4 Å². The Morgan fingerprint density at radius 2 is 1.97 bits per heavy atom. The topological polar surface area (TPSA) is 53.1 Å². The number of carbonyl (C=O) groups is 2. The predicted octanol–water partition coefficient (Wildman–Crippen LogP) is 2.67. The maximum atomic E-state index is 13.5. The second-order valence-electron chi connectivity index (χ2n) is 8.65. The standard InChI is InChI=1S/C23H32FN3O3/c1-2-22(28)27-16-20(30-19-9-3-6-17(24)14-19)15-21(27)23(29)26-11-5-10-25(12-13-26)18-7-4-8-18/h3,6,9,14,18,20-21H,2,4-5,7-8,10-13,15-16H2,1H3. The van der Waals surface area contributed by atoms with E-state index in [4.69, 9.17) is 4.74 Å². The summed E-state index contributed by atoms with van der Waals surface area (Å²) in [4.78, 5) is 32.1. The third-order valence-electron chi connectivity index (χ3n) is 6.70. The maximum Gasteiger partial charge on any atom is 0.245 e. The van der Waals surface area contributed by atoms with Gasteiger partial charge in [-0.15, -0.1) is 0 Å². The molecule has 0 radical (unpaired) electrons. The van der Waals surface area contributed by atoms with Gasteiger partial charge in [-0.1, -0.05) is 19.4 Å². The predicted molar refractivity (Wildman–Crippen MR) is 112 cm³/mol. The molecule has 1 aliphatic carbocycles. The molecule has 0 bridgehead atoms. The summed E-state index contributed by atoms with van der Waals surface area (Å²) in [5.74, 6) is 0.0605. The van der Waals surface area contributed by atoms with E-state index >= 15 is 0 Å². The van der Waals surface area contributed by atoms with E-state index in [0.29, 0.717) is 31.2 Å². The molecule has 6 nitrogen and oxygen atoms in total. The molecule has 2 aliphatic heterocycles. The summed E-state index contributed by atoms with van der Waals surface area (Å²) >= 11 is 0. The first-order valence-corrected chi connectivity index (χ1v) is 11.3. The number of amides is 2. The van der Waals surface area contributed by atoms with Crippen LogP contribution in [0.25, 0.3) is 0 Å². The van der Waals surface area contributed by atoms with Crippen LogP contribution in [0.5, 0.6) is 5.75 Å². The number of rotatable bonds is 5. The van der Waals surface area contributed by atoms with Crippen molar-refractivity contribution in [2.75, 3.05) is 32.7 Å². The third-order valence-corrected chi connectivity index (χ3v) is 6.70. The normalized spacial score (nSPS) is 25.7. The molecule has 164 valence electrons. The zero-order chi connectivity index (χ0) is 21.1. The molecule has 0 spiro atoms. The quantitative estimate of drug-likeness (QED) is 0.739. The maximum absolute atomic E-state index is 13.5. The van der Waals surface area contributed by atoms with Crippen molar-refractivity contribution in [2.45, 2.75) is 63.6 Å². The lowest BCUT2D eigenvalue weighted by Gasteiger charge is -2.36. The summed E-state index contributed by atoms with van der Waals surface area (Å²) in [6.45, 7) is 5.59. The Morgan fingerprint density at radius 3 is 2.67 bits per heavy atom. The Labute approximate surface area is 177 Å². The Hall–Kier alpha value is -2.15. The van der Waals surface area contributed by atoms with E-state index in [9.17, 15) is 14.0 Å². The van der Waals surface area contributed by atoms with Crippen LogP contribution in [-0.4, -0.2) is 77.4 Å². The molecule has 2 unspecified atom stereocenters. The summed E-state index contributed by atoms with van der Waals surface area (Å²) in [5.41, 5.74) is 0. The zero-order valence-electron chi connectivity index (χ0n) is 17.8. The van der Waals surface area contributed by atoms with Gasteiger partial charge in [0.15, 0.2) is 0 Å². The second kappa shape index (κ2) is 9.33. The first kappa shape index (κ1) is 21.1. The lowest BCUT2D eigenvalue weighted by Crippen LogP contribution is -2.49. The Kier molecular flexibility index (Phi) is 6.56. The van der Waals surface area contributed by atoms with E-state index in [2.05, 4.69) is 4.90 Å². The Bertz CT molecular complexity index is 770. The van der Waals surface area contributed by atoms with Gasteiger partial charge in [-0.2, -0.15) is 0 Å². The van der Waals surface area contributed by atoms with E-state index in [0.717, 1.165) is 32.6 Å². The molecule has 2 amide bonds. The van der Waals surface area contributed by atoms with E-state index in [-0.39, 0.29) is 23.7 Å². The van der Waals surface area contributed by atoms with Gasteiger partial charge in [0.05, 0.1) is 6.54 Å². The highest BCUT2D eigenvalue weighted by molar-refractivity contribution is 5.88. The third kappa shape index (κ3) is 4.61. The monoisotopic (exact) mass is 417 g/mol. The highest BCUT2D eigenvalue weighted by atomic mass is 19.1. The molecule has 0 aromatic heterocycles. The fraction of sp³-hybridized carbons (Fsp3) is 0.652. The van der Waals surface area contributed by atoms with Gasteiger partial charge in [0.25, 0.3) is 0 Å². The Morgan fingerprint density at radius 1 is 1.13 bits per heavy atom. The van der Waals surface area contributed by atoms with Gasteiger partial charge in [-0.3, -0.25) is 14.5 Å². The van der Waals surface area contributed by atoms with E-state index in [1.54, 1.807) is 17.0 Å². The molecule has 7 heteroatoms. The molecule has 3 aliphatic rings. The van der Waals surface area contributed by atoms with Gasteiger partial charge in [0, 0.05) is 51.1 Å². The highest BCUT2D eigenvalue weighted by Crippen LogP contribution is 2.28. The number of nitrogens with zero attached hydrogens (tertiary/aromatic N) is 3.